The predicted octanol–water partition coefficient (Wildman–Crippen LogP) is 6.40. The predicted molar refractivity (Wildman–Crippen MR) is 174 cm³/mol. The molecule has 2 fully saturated rings. The smallest absolute Gasteiger partial charge is 0.116 e. The van der Waals surface area contributed by atoms with Crippen molar-refractivity contribution in [2.75, 3.05) is 56.5 Å². The zero-order chi connectivity index (χ0) is 28.8. The number of allylic oxidation sites excluding steroid dienone is 3. The molecule has 3 aromatic rings. The van der Waals surface area contributed by atoms with Gasteiger partial charge in [0.25, 0.3) is 0 Å². The zero-order valence-electron chi connectivity index (χ0n) is 25.0. The quantitative estimate of drug-likeness (QED) is 0.240. The van der Waals surface area contributed by atoms with Crippen molar-refractivity contribution in [1.82, 2.24) is 25.4 Å². The first-order chi connectivity index (χ1) is 20.0. The third-order valence-corrected chi connectivity index (χ3v) is 8.65. The lowest BCUT2D eigenvalue weighted by Gasteiger charge is -2.35. The van der Waals surface area contributed by atoms with Crippen molar-refractivity contribution in [2.24, 2.45) is 5.92 Å². The topological polar surface area (TPSA) is 72.1 Å². The molecule has 5 rings (SSSR count). The van der Waals surface area contributed by atoms with E-state index >= 15 is 0 Å². The van der Waals surface area contributed by atoms with Gasteiger partial charge in [0.1, 0.15) is 5.69 Å². The summed E-state index contributed by atoms with van der Waals surface area (Å²) in [4.78, 5) is 9.33. The maximum atomic E-state index is 4.64. The van der Waals surface area contributed by atoms with Gasteiger partial charge in [-0.3, -0.25) is 10.1 Å². The van der Waals surface area contributed by atoms with Crippen LogP contribution in [-0.4, -0.2) is 66.4 Å². The lowest BCUT2D eigenvalue weighted by molar-refractivity contribution is 0.312. The van der Waals surface area contributed by atoms with E-state index in [1.165, 1.54) is 42.5 Å². The highest BCUT2D eigenvalue weighted by Crippen LogP contribution is 2.31. The number of piperazine rings is 1. The number of nitrogens with zero attached hydrogens (tertiary/aromatic N) is 4. The van der Waals surface area contributed by atoms with Crippen LogP contribution in [0, 0.1) is 12.8 Å². The molecule has 7 nitrogen and oxygen atoms in total. The van der Waals surface area contributed by atoms with Crippen LogP contribution in [0.15, 0.2) is 67.6 Å². The molecule has 2 aromatic heterocycles. The van der Waals surface area contributed by atoms with Crippen molar-refractivity contribution in [3.63, 3.8) is 0 Å². The maximum Gasteiger partial charge on any atom is 0.116 e. The van der Waals surface area contributed by atoms with Crippen LogP contribution in [0.5, 0.6) is 0 Å². The first-order valence-corrected chi connectivity index (χ1v) is 15.0. The summed E-state index contributed by atoms with van der Waals surface area (Å²) in [5, 5.41) is 16.0. The van der Waals surface area contributed by atoms with E-state index in [0.29, 0.717) is 0 Å². The fourth-order valence-electron chi connectivity index (χ4n) is 6.00. The third kappa shape index (κ3) is 6.80. The summed E-state index contributed by atoms with van der Waals surface area (Å²) in [6, 6.07) is 6.44. The fraction of sp³-hybridized carbons (Fsp3) is 0.412. The van der Waals surface area contributed by atoms with Crippen LogP contribution in [0.4, 0.5) is 11.4 Å². The number of likely N-dealkylation sites (N-methyl/N-ethyl adjacent to an activating group) is 1. The van der Waals surface area contributed by atoms with Crippen LogP contribution in [-0.2, 0) is 0 Å². The van der Waals surface area contributed by atoms with Crippen molar-refractivity contribution in [2.45, 2.75) is 39.5 Å². The molecule has 3 N–H and O–H groups in total. The van der Waals surface area contributed by atoms with Crippen LogP contribution in [0.1, 0.15) is 49.4 Å². The van der Waals surface area contributed by atoms with E-state index in [1.54, 1.807) is 0 Å². The summed E-state index contributed by atoms with van der Waals surface area (Å²) in [5.74, 6) is 0.819. The van der Waals surface area contributed by atoms with Gasteiger partial charge in [-0.25, -0.2) is 0 Å². The number of aromatic nitrogens is 3. The van der Waals surface area contributed by atoms with Gasteiger partial charge >= 0.3 is 0 Å². The SMILES string of the molecule is C=C/C(=C\C(=C/C)c1ccc2[nH]nc(C(=C)Nc3cncc(N4CCN(C)CC4)c3C)c2c1)CNCC1CCCC1. The highest BCUT2D eigenvalue weighted by atomic mass is 15.3. The summed E-state index contributed by atoms with van der Waals surface area (Å²) in [6.45, 7) is 18.7. The van der Waals surface area contributed by atoms with Gasteiger partial charge < -0.3 is 20.4 Å². The van der Waals surface area contributed by atoms with Crippen LogP contribution in [0.3, 0.4) is 0 Å². The molecule has 7 heteroatoms. The molecule has 0 unspecified atom stereocenters. The Balaban J connectivity index is 1.32. The van der Waals surface area contributed by atoms with Gasteiger partial charge in [0.2, 0.25) is 0 Å². The van der Waals surface area contributed by atoms with E-state index in [1.807, 2.05) is 18.5 Å². The Kier molecular flexibility index (Phi) is 9.37. The van der Waals surface area contributed by atoms with Crippen molar-refractivity contribution in [3.8, 4) is 0 Å². The molecule has 1 aromatic carbocycles. The van der Waals surface area contributed by atoms with Gasteiger partial charge in [-0.05, 0) is 80.6 Å². The number of pyridine rings is 1. The number of nitrogens with one attached hydrogen (secondary N) is 3. The monoisotopic (exact) mass is 551 g/mol. The maximum absolute atomic E-state index is 4.64. The summed E-state index contributed by atoms with van der Waals surface area (Å²) in [7, 11) is 2.17. The van der Waals surface area contributed by atoms with Crippen molar-refractivity contribution >= 4 is 33.5 Å². The van der Waals surface area contributed by atoms with E-state index in [0.717, 1.165) is 84.3 Å². The lowest BCUT2D eigenvalue weighted by atomic mass is 10.00. The highest BCUT2D eigenvalue weighted by Gasteiger charge is 2.19. The minimum absolute atomic E-state index is 0.745. The Labute approximate surface area is 245 Å². The average molecular weight is 552 g/mol. The Bertz CT molecular complexity index is 1430. The van der Waals surface area contributed by atoms with Gasteiger partial charge in [0, 0.05) is 38.1 Å². The number of fused-ring (bicyclic) bond motifs is 1. The van der Waals surface area contributed by atoms with Crippen molar-refractivity contribution in [3.05, 3.63) is 84.4 Å². The minimum atomic E-state index is 0.745. The normalized spacial score (nSPS) is 17.4. The molecular weight excluding hydrogens is 506 g/mol. The summed E-state index contributed by atoms with van der Waals surface area (Å²) in [6.07, 6.45) is 15.7. The average Bonchev–Trinajstić information content (AvgIpc) is 3.66. The Hall–Kier alpha value is -3.68. The lowest BCUT2D eigenvalue weighted by Crippen LogP contribution is -2.44. The molecule has 2 aliphatic rings. The summed E-state index contributed by atoms with van der Waals surface area (Å²) in [5.41, 5.74) is 9.33. The van der Waals surface area contributed by atoms with E-state index in [2.05, 4.69) is 100 Å². The van der Waals surface area contributed by atoms with Crippen molar-refractivity contribution in [1.29, 1.82) is 0 Å². The number of H-pyrrole nitrogens is 1. The molecule has 1 saturated heterocycles. The van der Waals surface area contributed by atoms with Gasteiger partial charge in [0.15, 0.2) is 0 Å². The van der Waals surface area contributed by atoms with Crippen LogP contribution in [0.2, 0.25) is 0 Å². The second-order valence-electron chi connectivity index (χ2n) is 11.5. The van der Waals surface area contributed by atoms with E-state index in [4.69, 9.17) is 0 Å². The molecule has 0 amide bonds. The van der Waals surface area contributed by atoms with Crippen molar-refractivity contribution < 1.29 is 0 Å². The molecule has 216 valence electrons. The molecule has 0 spiro atoms. The Morgan fingerprint density at radius 3 is 2.66 bits per heavy atom. The fourth-order valence-corrected chi connectivity index (χ4v) is 6.00. The second kappa shape index (κ2) is 13.3. The summed E-state index contributed by atoms with van der Waals surface area (Å²) < 4.78 is 0. The largest absolute Gasteiger partial charge is 0.367 e. The number of aromatic amines is 1. The first-order valence-electron chi connectivity index (χ1n) is 15.0. The molecule has 1 aliphatic heterocycles. The van der Waals surface area contributed by atoms with Gasteiger partial charge in [-0.1, -0.05) is 50.3 Å². The van der Waals surface area contributed by atoms with Gasteiger partial charge in [-0.15, -0.1) is 0 Å². The van der Waals surface area contributed by atoms with Crippen LogP contribution in [0.25, 0.3) is 22.2 Å². The number of benzene rings is 1. The molecule has 1 saturated carbocycles. The molecule has 3 heterocycles. The molecule has 0 radical (unpaired) electrons. The zero-order valence-corrected chi connectivity index (χ0v) is 25.0. The minimum Gasteiger partial charge on any atom is -0.367 e. The molecule has 1 aliphatic carbocycles. The number of hydrogen-bond donors (Lipinski definition) is 3. The van der Waals surface area contributed by atoms with Crippen LogP contribution >= 0.6 is 0 Å². The number of anilines is 2. The Morgan fingerprint density at radius 2 is 1.93 bits per heavy atom. The summed E-state index contributed by atoms with van der Waals surface area (Å²) >= 11 is 0. The number of rotatable bonds is 11. The number of hydrogen-bond acceptors (Lipinski definition) is 6. The van der Waals surface area contributed by atoms with Crippen LogP contribution < -0.4 is 15.5 Å². The van der Waals surface area contributed by atoms with E-state index in [-0.39, 0.29) is 0 Å². The van der Waals surface area contributed by atoms with E-state index < -0.39 is 0 Å². The molecule has 0 atom stereocenters. The standard InChI is InChI=1S/C34H45N7/c1-6-26(20-35-21-27-10-8-9-11-27)18-28(7-2)29-12-13-31-30(19-29)34(39-38-31)25(4)37-32-22-36-23-33(24(32)3)41-16-14-40(5)15-17-41/h6-7,12-13,18-19,22-23,27,35,37H,1,4,8-11,14-17,20-21H2,2-3,5H3,(H,38,39)/b26-18+,28-7+. The van der Waals surface area contributed by atoms with E-state index in [9.17, 15) is 0 Å². The first kappa shape index (κ1) is 28.8. The Morgan fingerprint density at radius 1 is 1.15 bits per heavy atom. The highest BCUT2D eigenvalue weighted by molar-refractivity contribution is 5.95. The molecule has 0 bridgehead atoms. The molecule has 41 heavy (non-hydrogen) atoms. The van der Waals surface area contributed by atoms with Gasteiger partial charge in [0.05, 0.1) is 35.0 Å². The second-order valence-corrected chi connectivity index (χ2v) is 11.5. The van der Waals surface area contributed by atoms with Gasteiger partial charge in [-0.2, -0.15) is 5.10 Å². The molecular formula is C34H45N7. The third-order valence-electron chi connectivity index (χ3n) is 8.65.